The molecule has 1 spiro atoms. The molecule has 2 aliphatic rings. The van der Waals surface area contributed by atoms with Crippen molar-refractivity contribution >= 4 is 5.91 Å². The zero-order chi connectivity index (χ0) is 19.3. The van der Waals surface area contributed by atoms with Crippen molar-refractivity contribution in [1.82, 2.24) is 20.0 Å². The van der Waals surface area contributed by atoms with Crippen LogP contribution in [-0.2, 0) is 0 Å². The lowest BCUT2D eigenvalue weighted by atomic mass is 9.77. The molecule has 0 aliphatic carbocycles. The van der Waals surface area contributed by atoms with Crippen LogP contribution >= 0.6 is 0 Å². The summed E-state index contributed by atoms with van der Waals surface area (Å²) in [5.74, 6) is 1.92. The van der Waals surface area contributed by atoms with Gasteiger partial charge < -0.3 is 13.7 Å². The fraction of sp³-hybridized carbons (Fsp3) is 0.381. The Hall–Kier alpha value is -2.93. The van der Waals surface area contributed by atoms with E-state index in [-0.39, 0.29) is 17.4 Å². The van der Waals surface area contributed by atoms with Gasteiger partial charge in [-0.3, -0.25) is 9.69 Å². The van der Waals surface area contributed by atoms with Gasteiger partial charge in [0, 0.05) is 30.6 Å². The molecular formula is C21H22N4O3. The third-order valence-electron chi connectivity index (χ3n) is 5.92. The van der Waals surface area contributed by atoms with Crippen LogP contribution in [-0.4, -0.2) is 52.6 Å². The molecular weight excluding hydrogens is 356 g/mol. The second-order valence-electron chi connectivity index (χ2n) is 8.00. The van der Waals surface area contributed by atoms with Crippen LogP contribution in [0.2, 0.25) is 0 Å². The molecule has 2 aliphatic heterocycles. The van der Waals surface area contributed by atoms with E-state index in [4.69, 9.17) is 8.83 Å². The maximum Gasteiger partial charge on any atom is 0.257 e. The topological polar surface area (TPSA) is 75.6 Å². The molecule has 0 bridgehead atoms. The highest BCUT2D eigenvalue weighted by atomic mass is 16.4. The molecule has 4 heterocycles. The number of furan rings is 1. The lowest BCUT2D eigenvalue weighted by Crippen LogP contribution is -2.59. The van der Waals surface area contributed by atoms with Crippen LogP contribution in [0.4, 0.5) is 0 Å². The van der Waals surface area contributed by atoms with Gasteiger partial charge >= 0.3 is 0 Å². The highest BCUT2D eigenvalue weighted by Crippen LogP contribution is 2.48. The van der Waals surface area contributed by atoms with Gasteiger partial charge in [-0.15, -0.1) is 10.2 Å². The first kappa shape index (κ1) is 17.2. The Morgan fingerprint density at radius 1 is 1.14 bits per heavy atom. The zero-order valence-electron chi connectivity index (χ0n) is 16.0. The van der Waals surface area contributed by atoms with Crippen molar-refractivity contribution in [2.45, 2.75) is 19.4 Å². The predicted molar refractivity (Wildman–Crippen MR) is 102 cm³/mol. The van der Waals surface area contributed by atoms with Gasteiger partial charge in [-0.05, 0) is 38.6 Å². The van der Waals surface area contributed by atoms with Crippen molar-refractivity contribution < 1.29 is 13.6 Å². The molecule has 2 fully saturated rings. The largest absolute Gasteiger partial charge is 0.469 e. The van der Waals surface area contributed by atoms with Gasteiger partial charge in [0.1, 0.15) is 5.76 Å². The molecule has 7 nitrogen and oxygen atoms in total. The van der Waals surface area contributed by atoms with Crippen LogP contribution in [0.5, 0.6) is 0 Å². The van der Waals surface area contributed by atoms with Gasteiger partial charge in [-0.1, -0.05) is 18.2 Å². The molecule has 7 heteroatoms. The standard InChI is InChI=1S/C21H22N4O3/c1-14-16(8-9-27-14)20(26)25-12-21(13-25)10-17(24(2)11-21)19-23-22-18(28-19)15-6-4-3-5-7-15/h3-9,17H,10-13H2,1-2H3. The smallest absolute Gasteiger partial charge is 0.257 e. The van der Waals surface area contributed by atoms with Gasteiger partial charge in [0.15, 0.2) is 0 Å². The fourth-order valence-corrected chi connectivity index (χ4v) is 4.53. The minimum Gasteiger partial charge on any atom is -0.469 e. The van der Waals surface area contributed by atoms with Gasteiger partial charge in [-0.2, -0.15) is 0 Å². The summed E-state index contributed by atoms with van der Waals surface area (Å²) < 4.78 is 11.2. The number of aryl methyl sites for hydroxylation is 1. The van der Waals surface area contributed by atoms with Crippen LogP contribution in [0.3, 0.4) is 0 Å². The van der Waals surface area contributed by atoms with Crippen molar-refractivity contribution in [2.24, 2.45) is 5.41 Å². The molecule has 5 rings (SSSR count). The van der Waals surface area contributed by atoms with Crippen molar-refractivity contribution in [3.63, 3.8) is 0 Å². The summed E-state index contributed by atoms with van der Waals surface area (Å²) in [6.45, 7) is 4.23. The maximum atomic E-state index is 12.7. The molecule has 144 valence electrons. The number of hydrogen-bond acceptors (Lipinski definition) is 6. The van der Waals surface area contributed by atoms with Crippen LogP contribution in [0, 0.1) is 12.3 Å². The van der Waals surface area contributed by atoms with Gasteiger partial charge in [0.2, 0.25) is 11.8 Å². The monoisotopic (exact) mass is 378 g/mol. The third-order valence-corrected chi connectivity index (χ3v) is 5.92. The lowest BCUT2D eigenvalue weighted by molar-refractivity contribution is 0.0113. The summed E-state index contributed by atoms with van der Waals surface area (Å²) in [4.78, 5) is 16.8. The van der Waals surface area contributed by atoms with Crippen LogP contribution < -0.4 is 0 Å². The highest BCUT2D eigenvalue weighted by molar-refractivity contribution is 5.95. The second kappa shape index (κ2) is 6.31. The minimum absolute atomic E-state index is 0.0483. The molecule has 1 amide bonds. The zero-order valence-corrected chi connectivity index (χ0v) is 16.0. The van der Waals surface area contributed by atoms with Crippen molar-refractivity contribution in [3.05, 3.63) is 59.9 Å². The van der Waals surface area contributed by atoms with Crippen molar-refractivity contribution in [2.75, 3.05) is 26.7 Å². The van der Waals surface area contributed by atoms with E-state index >= 15 is 0 Å². The molecule has 2 saturated heterocycles. The van der Waals surface area contributed by atoms with Crippen molar-refractivity contribution in [1.29, 1.82) is 0 Å². The molecule has 0 N–H and O–H groups in total. The number of carbonyl (C=O) groups excluding carboxylic acids is 1. The van der Waals surface area contributed by atoms with E-state index in [0.29, 0.717) is 23.1 Å². The summed E-state index contributed by atoms with van der Waals surface area (Å²) in [5.41, 5.74) is 1.67. The van der Waals surface area contributed by atoms with Crippen molar-refractivity contribution in [3.8, 4) is 11.5 Å². The Morgan fingerprint density at radius 3 is 2.64 bits per heavy atom. The molecule has 0 saturated carbocycles. The summed E-state index contributed by atoms with van der Waals surface area (Å²) in [5, 5.41) is 8.53. The third kappa shape index (κ3) is 2.74. The molecule has 1 unspecified atom stereocenters. The molecule has 1 atom stereocenters. The van der Waals surface area contributed by atoms with E-state index in [2.05, 4.69) is 22.1 Å². The maximum absolute atomic E-state index is 12.7. The second-order valence-corrected chi connectivity index (χ2v) is 8.00. The summed E-state index contributed by atoms with van der Waals surface area (Å²) in [6, 6.07) is 11.6. The predicted octanol–water partition coefficient (Wildman–Crippen LogP) is 3.16. The number of likely N-dealkylation sites (tertiary alicyclic amines) is 2. The number of amides is 1. The Kier molecular flexibility index (Phi) is 3.87. The number of benzene rings is 1. The van der Waals surface area contributed by atoms with E-state index < -0.39 is 0 Å². The van der Waals surface area contributed by atoms with Crippen LogP contribution in [0.15, 0.2) is 51.5 Å². The summed E-state index contributed by atoms with van der Waals surface area (Å²) in [6.07, 6.45) is 2.48. The Bertz CT molecular complexity index is 1000. The van der Waals surface area contributed by atoms with E-state index in [1.165, 1.54) is 0 Å². The molecule has 3 aromatic rings. The van der Waals surface area contributed by atoms with Gasteiger partial charge in [-0.25, -0.2) is 0 Å². The number of aromatic nitrogens is 2. The van der Waals surface area contributed by atoms with Gasteiger partial charge in [0.05, 0.1) is 17.9 Å². The van der Waals surface area contributed by atoms with E-state index in [1.807, 2.05) is 42.2 Å². The average molecular weight is 378 g/mol. The Morgan fingerprint density at radius 2 is 1.93 bits per heavy atom. The highest BCUT2D eigenvalue weighted by Gasteiger charge is 2.53. The Balaban J connectivity index is 1.28. The normalized spacial score (nSPS) is 21.2. The SMILES string of the molecule is Cc1occc1C(=O)N1CC2(CC(c3nnc(-c4ccccc4)o3)N(C)C2)C1. The van der Waals surface area contributed by atoms with Crippen LogP contribution in [0.25, 0.3) is 11.5 Å². The quantitative estimate of drug-likeness (QED) is 0.697. The average Bonchev–Trinajstić information content (AvgIpc) is 3.39. The van der Waals surface area contributed by atoms with E-state index in [0.717, 1.165) is 31.6 Å². The fourth-order valence-electron chi connectivity index (χ4n) is 4.53. The lowest BCUT2D eigenvalue weighted by Gasteiger charge is -2.48. The summed E-state index contributed by atoms with van der Waals surface area (Å²) in [7, 11) is 2.08. The molecule has 1 aromatic carbocycles. The number of nitrogens with zero attached hydrogens (tertiary/aromatic N) is 4. The number of rotatable bonds is 3. The first-order valence-electron chi connectivity index (χ1n) is 9.47. The molecule has 2 aromatic heterocycles. The minimum atomic E-state index is 0.0483. The number of hydrogen-bond donors (Lipinski definition) is 0. The molecule has 0 radical (unpaired) electrons. The van der Waals surface area contributed by atoms with E-state index in [9.17, 15) is 4.79 Å². The van der Waals surface area contributed by atoms with Crippen LogP contribution in [0.1, 0.15) is 34.5 Å². The number of carbonyl (C=O) groups is 1. The first-order chi connectivity index (χ1) is 13.5. The first-order valence-corrected chi connectivity index (χ1v) is 9.47. The van der Waals surface area contributed by atoms with E-state index in [1.54, 1.807) is 12.3 Å². The van der Waals surface area contributed by atoms with Gasteiger partial charge in [0.25, 0.3) is 5.91 Å². The summed E-state index contributed by atoms with van der Waals surface area (Å²) >= 11 is 0. The Labute approximate surface area is 162 Å². The molecule has 28 heavy (non-hydrogen) atoms.